The third kappa shape index (κ3) is 2.01. The molecule has 1 atom stereocenters. The van der Waals surface area contributed by atoms with Crippen LogP contribution in [0.2, 0.25) is 0 Å². The molecule has 2 nitrogen and oxygen atoms in total. The number of nitrogens with zero attached hydrogens (tertiary/aromatic N) is 1. The van der Waals surface area contributed by atoms with Gasteiger partial charge in [0.25, 0.3) is 0 Å². The Morgan fingerprint density at radius 3 is 2.40 bits per heavy atom. The van der Waals surface area contributed by atoms with Crippen LogP contribution in [0.3, 0.4) is 0 Å². The second kappa shape index (κ2) is 3.97. The normalized spacial score (nSPS) is 27.9. The minimum absolute atomic E-state index is 0.167. The van der Waals surface area contributed by atoms with Gasteiger partial charge in [-0.2, -0.15) is 0 Å². The van der Waals surface area contributed by atoms with E-state index < -0.39 is 0 Å². The minimum Gasteiger partial charge on any atom is -0.341 e. The molecule has 0 aromatic rings. The van der Waals surface area contributed by atoms with Crippen molar-refractivity contribution in [3.63, 3.8) is 0 Å². The molecule has 0 bridgehead atoms. The molecule has 0 aromatic carbocycles. The molecule has 2 rings (SSSR count). The van der Waals surface area contributed by atoms with Crippen LogP contribution in [0.15, 0.2) is 0 Å². The summed E-state index contributed by atoms with van der Waals surface area (Å²) >= 11 is 6.03. The first kappa shape index (κ1) is 11.3. The number of likely N-dealkylation sites (tertiary alicyclic amines) is 1. The molecular formula is C12H20ClNO. The largest absolute Gasteiger partial charge is 0.341 e. The summed E-state index contributed by atoms with van der Waals surface area (Å²) in [6.07, 6.45) is 4.68. The van der Waals surface area contributed by atoms with Gasteiger partial charge in [0, 0.05) is 18.5 Å². The van der Waals surface area contributed by atoms with Crippen molar-refractivity contribution in [2.45, 2.75) is 44.9 Å². The van der Waals surface area contributed by atoms with Gasteiger partial charge in [-0.05, 0) is 25.2 Å². The molecule has 1 aliphatic carbocycles. The number of amides is 1. The van der Waals surface area contributed by atoms with Gasteiger partial charge < -0.3 is 4.90 Å². The molecule has 1 aliphatic heterocycles. The number of hydrogen-bond acceptors (Lipinski definition) is 1. The minimum atomic E-state index is -0.167. The van der Waals surface area contributed by atoms with Gasteiger partial charge in [0.15, 0.2) is 0 Å². The van der Waals surface area contributed by atoms with Crippen LogP contribution in [-0.4, -0.2) is 29.3 Å². The van der Waals surface area contributed by atoms with E-state index in [0.29, 0.717) is 11.8 Å². The van der Waals surface area contributed by atoms with E-state index in [4.69, 9.17) is 11.6 Å². The molecule has 1 saturated heterocycles. The maximum atomic E-state index is 12.3. The van der Waals surface area contributed by atoms with Crippen molar-refractivity contribution in [1.29, 1.82) is 0 Å². The maximum absolute atomic E-state index is 12.3. The fourth-order valence-electron chi connectivity index (χ4n) is 2.61. The molecule has 0 N–H and O–H groups in total. The van der Waals surface area contributed by atoms with Crippen LogP contribution in [0.25, 0.3) is 0 Å². The summed E-state index contributed by atoms with van der Waals surface area (Å²) in [4.78, 5) is 14.3. The van der Waals surface area contributed by atoms with Gasteiger partial charge in [-0.25, -0.2) is 0 Å². The lowest BCUT2D eigenvalue weighted by Crippen LogP contribution is -2.45. The first-order valence-corrected chi connectivity index (χ1v) is 6.39. The first-order valence-electron chi connectivity index (χ1n) is 5.95. The Kier molecular flexibility index (Phi) is 2.98. The number of carbonyl (C=O) groups excluding carboxylic acids is 1. The molecule has 1 heterocycles. The van der Waals surface area contributed by atoms with Gasteiger partial charge in [-0.1, -0.05) is 20.3 Å². The van der Waals surface area contributed by atoms with E-state index in [-0.39, 0.29) is 10.8 Å². The first-order chi connectivity index (χ1) is 7.01. The van der Waals surface area contributed by atoms with Gasteiger partial charge in [-0.3, -0.25) is 4.79 Å². The van der Waals surface area contributed by atoms with Crippen LogP contribution >= 0.6 is 11.6 Å². The molecule has 0 radical (unpaired) electrons. The predicted octanol–water partition coefficient (Wildman–Crippen LogP) is 2.65. The molecule has 1 saturated carbocycles. The highest BCUT2D eigenvalue weighted by Gasteiger charge is 2.43. The van der Waals surface area contributed by atoms with Crippen molar-refractivity contribution >= 4 is 17.5 Å². The van der Waals surface area contributed by atoms with E-state index in [1.807, 2.05) is 4.90 Å². The zero-order valence-electron chi connectivity index (χ0n) is 9.63. The molecule has 15 heavy (non-hydrogen) atoms. The lowest BCUT2D eigenvalue weighted by atomic mass is 9.66. The topological polar surface area (TPSA) is 20.3 Å². The second-order valence-corrected chi connectivity index (χ2v) is 6.10. The zero-order chi connectivity index (χ0) is 11.1. The number of rotatable bonds is 2. The highest BCUT2D eigenvalue weighted by atomic mass is 35.5. The predicted molar refractivity (Wildman–Crippen MR) is 62.0 cm³/mol. The lowest BCUT2D eigenvalue weighted by molar-refractivity contribution is -0.144. The number of hydrogen-bond donors (Lipinski definition) is 0. The molecule has 1 unspecified atom stereocenters. The molecule has 2 fully saturated rings. The summed E-state index contributed by atoms with van der Waals surface area (Å²) in [5.41, 5.74) is -0.167. The molecule has 1 amide bonds. The third-order valence-corrected chi connectivity index (χ3v) is 4.45. The van der Waals surface area contributed by atoms with Gasteiger partial charge in [-0.15, -0.1) is 11.6 Å². The zero-order valence-corrected chi connectivity index (χ0v) is 10.4. The molecule has 86 valence electrons. The van der Waals surface area contributed by atoms with Gasteiger partial charge in [0.05, 0.1) is 5.38 Å². The van der Waals surface area contributed by atoms with Crippen molar-refractivity contribution in [3.8, 4) is 0 Å². The van der Waals surface area contributed by atoms with Crippen molar-refractivity contribution in [2.24, 2.45) is 11.3 Å². The standard InChI is InChI=1S/C12H20ClNO/c1-12(2,9-4-3-5-9)11(15)14-7-6-10(13)8-14/h9-10H,3-8H2,1-2H3. The summed E-state index contributed by atoms with van der Waals surface area (Å²) in [5.74, 6) is 0.912. The van der Waals surface area contributed by atoms with Crippen LogP contribution in [-0.2, 0) is 4.79 Å². The highest BCUT2D eigenvalue weighted by molar-refractivity contribution is 6.21. The number of alkyl halides is 1. The van der Waals surface area contributed by atoms with Crippen LogP contribution in [0.1, 0.15) is 39.5 Å². The van der Waals surface area contributed by atoms with E-state index in [0.717, 1.165) is 19.5 Å². The second-order valence-electron chi connectivity index (χ2n) is 5.49. The Balaban J connectivity index is 1.99. The average Bonchev–Trinajstić information content (AvgIpc) is 2.46. The summed E-state index contributed by atoms with van der Waals surface area (Å²) in [7, 11) is 0. The van der Waals surface area contributed by atoms with Gasteiger partial charge >= 0.3 is 0 Å². The van der Waals surface area contributed by atoms with Crippen LogP contribution in [0.4, 0.5) is 0 Å². The van der Waals surface area contributed by atoms with Gasteiger partial charge in [0.2, 0.25) is 5.91 Å². The summed E-state index contributed by atoms with van der Waals surface area (Å²) in [6.45, 7) is 5.79. The summed E-state index contributed by atoms with van der Waals surface area (Å²) in [6, 6.07) is 0. The van der Waals surface area contributed by atoms with Crippen molar-refractivity contribution in [2.75, 3.05) is 13.1 Å². The Hall–Kier alpha value is -0.240. The van der Waals surface area contributed by atoms with Crippen molar-refractivity contribution in [3.05, 3.63) is 0 Å². The SMILES string of the molecule is CC(C)(C(=O)N1CCC(Cl)C1)C1CCC1. The highest BCUT2D eigenvalue weighted by Crippen LogP contribution is 2.43. The van der Waals surface area contributed by atoms with Crippen LogP contribution < -0.4 is 0 Å². The maximum Gasteiger partial charge on any atom is 0.228 e. The number of carbonyl (C=O) groups is 1. The quantitative estimate of drug-likeness (QED) is 0.667. The van der Waals surface area contributed by atoms with E-state index in [1.165, 1.54) is 19.3 Å². The number of halogens is 1. The molecule has 0 aromatic heterocycles. The fraction of sp³-hybridized carbons (Fsp3) is 0.917. The van der Waals surface area contributed by atoms with Crippen molar-refractivity contribution < 1.29 is 4.79 Å². The third-order valence-electron chi connectivity index (χ3n) is 4.09. The Labute approximate surface area is 97.0 Å². The monoisotopic (exact) mass is 229 g/mol. The van der Waals surface area contributed by atoms with E-state index in [9.17, 15) is 4.79 Å². The summed E-state index contributed by atoms with van der Waals surface area (Å²) in [5, 5.41) is 0.172. The molecular weight excluding hydrogens is 210 g/mol. The smallest absolute Gasteiger partial charge is 0.228 e. The molecule has 2 aliphatic rings. The molecule has 0 spiro atoms. The fourth-order valence-corrected chi connectivity index (χ4v) is 2.88. The molecule has 3 heteroatoms. The van der Waals surface area contributed by atoms with E-state index >= 15 is 0 Å². The van der Waals surface area contributed by atoms with E-state index in [2.05, 4.69) is 13.8 Å². The Morgan fingerprint density at radius 2 is 2.00 bits per heavy atom. The van der Waals surface area contributed by atoms with E-state index in [1.54, 1.807) is 0 Å². The summed E-state index contributed by atoms with van der Waals surface area (Å²) < 4.78 is 0. The Bertz CT molecular complexity index is 260. The Morgan fingerprint density at radius 1 is 1.33 bits per heavy atom. The van der Waals surface area contributed by atoms with Crippen molar-refractivity contribution in [1.82, 2.24) is 4.90 Å². The lowest BCUT2D eigenvalue weighted by Gasteiger charge is -2.41. The van der Waals surface area contributed by atoms with Gasteiger partial charge in [0.1, 0.15) is 0 Å². The average molecular weight is 230 g/mol. The van der Waals surface area contributed by atoms with Crippen LogP contribution in [0.5, 0.6) is 0 Å². The van der Waals surface area contributed by atoms with Crippen LogP contribution in [0, 0.1) is 11.3 Å².